The minimum absolute atomic E-state index is 0.0801. The van der Waals surface area contributed by atoms with Crippen LogP contribution in [-0.4, -0.2) is 17.1 Å². The molecule has 0 radical (unpaired) electrons. The van der Waals surface area contributed by atoms with Crippen molar-refractivity contribution in [1.82, 2.24) is 9.97 Å². The molecule has 0 saturated carbocycles. The fourth-order valence-electron chi connectivity index (χ4n) is 0.900. The number of ether oxygens (including phenoxy) is 1. The molecule has 0 N–H and O–H groups in total. The lowest BCUT2D eigenvalue weighted by atomic mass is 10.3. The van der Waals surface area contributed by atoms with Crippen LogP contribution in [0.1, 0.15) is 18.3 Å². The Morgan fingerprint density at radius 3 is 2.69 bits per heavy atom. The molecule has 0 aliphatic rings. The van der Waals surface area contributed by atoms with Gasteiger partial charge in [0.1, 0.15) is 11.8 Å². The van der Waals surface area contributed by atoms with E-state index in [1.807, 2.05) is 13.0 Å². The summed E-state index contributed by atoms with van der Waals surface area (Å²) in [5, 5.41) is 8.70. The molecule has 0 aromatic carbocycles. The Bertz CT molecular complexity index is 359. The third-order valence-corrected chi connectivity index (χ3v) is 1.79. The summed E-state index contributed by atoms with van der Waals surface area (Å²) >= 11 is 5.66. The van der Waals surface area contributed by atoms with Gasteiger partial charge in [-0.1, -0.05) is 18.5 Å². The summed E-state index contributed by atoms with van der Waals surface area (Å²) in [5.74, 6) is 0.381. The number of nitrogens with zero attached hydrogens (tertiary/aromatic N) is 3. The smallest absolute Gasteiger partial charge is 0.236 e. The Hall–Kier alpha value is -1.34. The van der Waals surface area contributed by atoms with E-state index in [4.69, 9.17) is 21.6 Å². The van der Waals surface area contributed by atoms with Gasteiger partial charge in [0, 0.05) is 0 Å². The molecule has 0 spiro atoms. The van der Waals surface area contributed by atoms with Gasteiger partial charge in [0.05, 0.1) is 7.11 Å². The number of nitriles is 1. The van der Waals surface area contributed by atoms with E-state index in [1.54, 1.807) is 0 Å². The highest BCUT2D eigenvalue weighted by molar-refractivity contribution is 6.30. The number of methoxy groups -OCH3 is 1. The summed E-state index contributed by atoms with van der Waals surface area (Å²) in [7, 11) is 1.49. The van der Waals surface area contributed by atoms with Gasteiger partial charge in [-0.3, -0.25) is 0 Å². The molecule has 68 valence electrons. The van der Waals surface area contributed by atoms with E-state index in [2.05, 4.69) is 9.97 Å². The summed E-state index contributed by atoms with van der Waals surface area (Å²) in [4.78, 5) is 7.89. The Balaban J connectivity index is 3.28. The molecule has 0 amide bonds. The van der Waals surface area contributed by atoms with Gasteiger partial charge in [-0.05, 0) is 6.42 Å². The van der Waals surface area contributed by atoms with Crippen LogP contribution in [-0.2, 0) is 6.42 Å². The van der Waals surface area contributed by atoms with Crippen molar-refractivity contribution in [3.05, 3.63) is 16.5 Å². The lowest BCUT2D eigenvalue weighted by Crippen LogP contribution is -2.00. The highest BCUT2D eigenvalue weighted by atomic mass is 35.5. The molecule has 0 fully saturated rings. The molecular formula is C8H8ClN3O. The standard InChI is InChI=1S/C8H8ClN3O/c1-3-5-8(13-2)12-7(9)6(4-10)11-5/h3H2,1-2H3. The van der Waals surface area contributed by atoms with Gasteiger partial charge < -0.3 is 4.74 Å². The van der Waals surface area contributed by atoms with Gasteiger partial charge in [-0.2, -0.15) is 10.2 Å². The van der Waals surface area contributed by atoms with Crippen LogP contribution in [0.25, 0.3) is 0 Å². The number of halogens is 1. The maximum absolute atomic E-state index is 8.62. The molecule has 1 aromatic heterocycles. The minimum Gasteiger partial charge on any atom is -0.480 e. The molecule has 1 aromatic rings. The van der Waals surface area contributed by atoms with E-state index in [0.29, 0.717) is 18.0 Å². The van der Waals surface area contributed by atoms with E-state index in [-0.39, 0.29) is 10.8 Å². The molecule has 0 atom stereocenters. The zero-order valence-corrected chi connectivity index (χ0v) is 8.09. The molecule has 0 unspecified atom stereocenters. The predicted octanol–water partition coefficient (Wildman–Crippen LogP) is 1.57. The molecule has 13 heavy (non-hydrogen) atoms. The second-order valence-corrected chi connectivity index (χ2v) is 2.64. The Labute approximate surface area is 81.1 Å². The lowest BCUT2D eigenvalue weighted by molar-refractivity contribution is 0.389. The molecule has 0 saturated heterocycles. The molecule has 1 rings (SSSR count). The first-order valence-corrected chi connectivity index (χ1v) is 4.11. The predicted molar refractivity (Wildman–Crippen MR) is 47.7 cm³/mol. The summed E-state index contributed by atoms with van der Waals surface area (Å²) in [5.41, 5.74) is 0.780. The molecule has 0 aliphatic heterocycles. The van der Waals surface area contributed by atoms with Crippen LogP contribution in [0, 0.1) is 11.3 Å². The largest absolute Gasteiger partial charge is 0.480 e. The first kappa shape index (κ1) is 9.75. The normalized spacial score (nSPS) is 9.38. The van der Waals surface area contributed by atoms with Gasteiger partial charge in [-0.15, -0.1) is 0 Å². The molecular weight excluding hydrogens is 190 g/mol. The van der Waals surface area contributed by atoms with Gasteiger partial charge in [0.15, 0.2) is 10.8 Å². The topological polar surface area (TPSA) is 58.8 Å². The molecule has 4 nitrogen and oxygen atoms in total. The third-order valence-electron chi connectivity index (χ3n) is 1.52. The SMILES string of the molecule is CCc1nc(C#N)c(Cl)nc1OC. The van der Waals surface area contributed by atoms with Crippen LogP contribution in [0.15, 0.2) is 0 Å². The average molecular weight is 198 g/mol. The lowest BCUT2D eigenvalue weighted by Gasteiger charge is -2.04. The Morgan fingerprint density at radius 1 is 1.54 bits per heavy atom. The number of aromatic nitrogens is 2. The number of hydrogen-bond donors (Lipinski definition) is 0. The van der Waals surface area contributed by atoms with Crippen LogP contribution in [0.4, 0.5) is 0 Å². The fourth-order valence-corrected chi connectivity index (χ4v) is 1.06. The van der Waals surface area contributed by atoms with Crippen molar-refractivity contribution in [2.45, 2.75) is 13.3 Å². The quantitative estimate of drug-likeness (QED) is 0.722. The second kappa shape index (κ2) is 4.06. The van der Waals surface area contributed by atoms with Gasteiger partial charge in [0.2, 0.25) is 5.88 Å². The van der Waals surface area contributed by atoms with Crippen LogP contribution in [0.2, 0.25) is 5.15 Å². The molecule has 0 aliphatic carbocycles. The van der Waals surface area contributed by atoms with E-state index >= 15 is 0 Å². The average Bonchev–Trinajstić information content (AvgIpc) is 2.17. The van der Waals surface area contributed by atoms with E-state index in [0.717, 1.165) is 0 Å². The first-order chi connectivity index (χ1) is 6.22. The van der Waals surface area contributed by atoms with Crippen molar-refractivity contribution in [2.75, 3.05) is 7.11 Å². The van der Waals surface area contributed by atoms with E-state index < -0.39 is 0 Å². The third kappa shape index (κ3) is 1.87. The van der Waals surface area contributed by atoms with Gasteiger partial charge >= 0.3 is 0 Å². The van der Waals surface area contributed by atoms with Crippen LogP contribution in [0.5, 0.6) is 5.88 Å². The molecule has 0 bridgehead atoms. The Kier molecular flexibility index (Phi) is 3.04. The minimum atomic E-state index is 0.0801. The summed E-state index contributed by atoms with van der Waals surface area (Å²) in [6.07, 6.45) is 0.655. The van der Waals surface area contributed by atoms with E-state index in [1.165, 1.54) is 7.11 Å². The first-order valence-electron chi connectivity index (χ1n) is 3.73. The monoisotopic (exact) mass is 197 g/mol. The van der Waals surface area contributed by atoms with Crippen molar-refractivity contribution in [2.24, 2.45) is 0 Å². The van der Waals surface area contributed by atoms with Crippen molar-refractivity contribution in [1.29, 1.82) is 5.26 Å². The maximum atomic E-state index is 8.62. The zero-order valence-electron chi connectivity index (χ0n) is 7.33. The number of hydrogen-bond acceptors (Lipinski definition) is 4. The molecule has 1 heterocycles. The van der Waals surface area contributed by atoms with Crippen LogP contribution >= 0.6 is 11.6 Å². The summed E-state index contributed by atoms with van der Waals surface area (Å²) in [6.45, 7) is 1.90. The number of rotatable bonds is 2. The van der Waals surface area contributed by atoms with E-state index in [9.17, 15) is 0 Å². The highest BCUT2D eigenvalue weighted by Crippen LogP contribution is 2.19. The maximum Gasteiger partial charge on any atom is 0.236 e. The van der Waals surface area contributed by atoms with Crippen molar-refractivity contribution >= 4 is 11.6 Å². The molecule has 5 heteroatoms. The zero-order chi connectivity index (χ0) is 9.84. The van der Waals surface area contributed by atoms with Crippen molar-refractivity contribution in [3.8, 4) is 11.9 Å². The van der Waals surface area contributed by atoms with Gasteiger partial charge in [-0.25, -0.2) is 4.98 Å². The second-order valence-electron chi connectivity index (χ2n) is 2.28. The van der Waals surface area contributed by atoms with Crippen LogP contribution < -0.4 is 4.74 Å². The van der Waals surface area contributed by atoms with Crippen molar-refractivity contribution < 1.29 is 4.74 Å². The summed E-state index contributed by atoms with van der Waals surface area (Å²) < 4.78 is 4.95. The van der Waals surface area contributed by atoms with Crippen LogP contribution in [0.3, 0.4) is 0 Å². The number of aryl methyl sites for hydroxylation is 1. The highest BCUT2D eigenvalue weighted by Gasteiger charge is 2.10. The Morgan fingerprint density at radius 2 is 2.23 bits per heavy atom. The fraction of sp³-hybridized carbons (Fsp3) is 0.375. The van der Waals surface area contributed by atoms with Crippen molar-refractivity contribution in [3.63, 3.8) is 0 Å². The summed E-state index contributed by atoms with van der Waals surface area (Å²) in [6, 6.07) is 1.86. The van der Waals surface area contributed by atoms with Gasteiger partial charge in [0.25, 0.3) is 0 Å².